The number of aryl methyl sites for hydroxylation is 1. The number of amides is 2. The van der Waals surface area contributed by atoms with E-state index in [9.17, 15) is 14.4 Å². The molecule has 2 amide bonds. The number of para-hydroxylation sites is 1. The highest BCUT2D eigenvalue weighted by molar-refractivity contribution is 6.43. The number of ether oxygens (including phenoxy) is 1. The van der Waals surface area contributed by atoms with Gasteiger partial charge in [-0.2, -0.15) is 5.10 Å². The minimum atomic E-state index is -0.652. The third-order valence-electron chi connectivity index (χ3n) is 5.66. The minimum absolute atomic E-state index is 0.00625. The van der Waals surface area contributed by atoms with Crippen LogP contribution in [-0.2, 0) is 16.0 Å². The molecule has 8 heteroatoms. The number of hydrogen-bond donors (Lipinski definition) is 2. The molecule has 0 radical (unpaired) electrons. The van der Waals surface area contributed by atoms with Crippen molar-refractivity contribution in [2.45, 2.75) is 39.2 Å². The highest BCUT2D eigenvalue weighted by Crippen LogP contribution is 2.19. The Morgan fingerprint density at radius 2 is 1.74 bits per heavy atom. The first-order valence-electron chi connectivity index (χ1n) is 11.4. The number of benzene rings is 2. The van der Waals surface area contributed by atoms with Crippen LogP contribution in [0.1, 0.15) is 40.2 Å². The van der Waals surface area contributed by atoms with Crippen molar-refractivity contribution in [3.8, 4) is 11.4 Å². The van der Waals surface area contributed by atoms with Gasteiger partial charge in [0.1, 0.15) is 5.75 Å². The van der Waals surface area contributed by atoms with Crippen molar-refractivity contribution in [3.05, 3.63) is 77.1 Å². The second-order valence-electron chi connectivity index (χ2n) is 8.40. The number of aromatic nitrogens is 2. The van der Waals surface area contributed by atoms with Gasteiger partial charge < -0.3 is 15.4 Å². The summed E-state index contributed by atoms with van der Waals surface area (Å²) in [5, 5.41) is 10.0. The van der Waals surface area contributed by atoms with Gasteiger partial charge in [-0.05, 0) is 62.9 Å². The zero-order valence-electron chi connectivity index (χ0n) is 19.3. The number of hydrogen-bond acceptors (Lipinski definition) is 5. The molecule has 1 heterocycles. The summed E-state index contributed by atoms with van der Waals surface area (Å²) in [5.41, 5.74) is 3.28. The molecule has 0 atom stereocenters. The van der Waals surface area contributed by atoms with E-state index in [0.717, 1.165) is 24.1 Å². The summed E-state index contributed by atoms with van der Waals surface area (Å²) in [6, 6.07) is 17.1. The first kappa shape index (κ1) is 23.2. The first-order valence-corrected chi connectivity index (χ1v) is 11.4. The molecule has 1 aliphatic rings. The SMILES string of the molecule is Cc1nn(-c2ccccc2)c(C)c1C(=O)C(=O)NCCc1ccc(OCC(=O)NC2CC2)cc1. The molecule has 34 heavy (non-hydrogen) atoms. The highest BCUT2D eigenvalue weighted by Gasteiger charge is 2.25. The van der Waals surface area contributed by atoms with E-state index in [0.29, 0.717) is 41.7 Å². The lowest BCUT2D eigenvalue weighted by Gasteiger charge is -2.08. The Morgan fingerprint density at radius 1 is 1.03 bits per heavy atom. The fourth-order valence-electron chi connectivity index (χ4n) is 3.70. The molecule has 0 spiro atoms. The lowest BCUT2D eigenvalue weighted by atomic mass is 10.1. The number of ketones is 1. The quantitative estimate of drug-likeness (QED) is 0.358. The van der Waals surface area contributed by atoms with Crippen molar-refractivity contribution in [2.75, 3.05) is 13.2 Å². The average molecular weight is 461 g/mol. The van der Waals surface area contributed by atoms with Gasteiger partial charge in [0.05, 0.1) is 22.6 Å². The van der Waals surface area contributed by atoms with Gasteiger partial charge in [0.15, 0.2) is 6.61 Å². The van der Waals surface area contributed by atoms with Crippen molar-refractivity contribution in [1.29, 1.82) is 0 Å². The summed E-state index contributed by atoms with van der Waals surface area (Å²) >= 11 is 0. The van der Waals surface area contributed by atoms with Crippen LogP contribution < -0.4 is 15.4 Å². The average Bonchev–Trinajstić information content (AvgIpc) is 3.60. The molecule has 8 nitrogen and oxygen atoms in total. The summed E-state index contributed by atoms with van der Waals surface area (Å²) in [6.45, 7) is 3.83. The molecule has 0 saturated heterocycles. The molecular formula is C26H28N4O4. The third kappa shape index (κ3) is 5.70. The van der Waals surface area contributed by atoms with Crippen LogP contribution in [-0.4, -0.2) is 46.6 Å². The van der Waals surface area contributed by atoms with Crippen LogP contribution in [0.15, 0.2) is 54.6 Å². The van der Waals surface area contributed by atoms with E-state index in [-0.39, 0.29) is 12.5 Å². The van der Waals surface area contributed by atoms with Crippen LogP contribution >= 0.6 is 0 Å². The smallest absolute Gasteiger partial charge is 0.292 e. The summed E-state index contributed by atoms with van der Waals surface area (Å²) in [4.78, 5) is 37.0. The first-order chi connectivity index (χ1) is 16.4. The minimum Gasteiger partial charge on any atom is -0.484 e. The molecule has 0 unspecified atom stereocenters. The maximum atomic E-state index is 12.8. The van der Waals surface area contributed by atoms with E-state index in [1.807, 2.05) is 42.5 Å². The Bertz CT molecular complexity index is 1180. The highest BCUT2D eigenvalue weighted by atomic mass is 16.5. The number of Topliss-reactive ketones (excluding diaryl/α,β-unsaturated/α-hetero) is 1. The monoisotopic (exact) mass is 460 g/mol. The van der Waals surface area contributed by atoms with E-state index in [2.05, 4.69) is 15.7 Å². The van der Waals surface area contributed by atoms with E-state index in [1.165, 1.54) is 0 Å². The summed E-state index contributed by atoms with van der Waals surface area (Å²) in [6.07, 6.45) is 2.64. The Labute approximate surface area is 198 Å². The normalized spacial score (nSPS) is 12.8. The fraction of sp³-hybridized carbons (Fsp3) is 0.308. The Balaban J connectivity index is 1.27. The van der Waals surface area contributed by atoms with E-state index < -0.39 is 11.7 Å². The van der Waals surface area contributed by atoms with E-state index in [4.69, 9.17) is 4.74 Å². The Hall–Kier alpha value is -3.94. The lowest BCUT2D eigenvalue weighted by molar-refractivity contribution is -0.123. The topological polar surface area (TPSA) is 102 Å². The molecule has 2 aromatic carbocycles. The molecule has 2 N–H and O–H groups in total. The van der Waals surface area contributed by atoms with Gasteiger partial charge in [0.2, 0.25) is 0 Å². The molecule has 1 aromatic heterocycles. The molecule has 4 rings (SSSR count). The Morgan fingerprint density at radius 3 is 2.41 bits per heavy atom. The van der Waals surface area contributed by atoms with Gasteiger partial charge in [-0.1, -0.05) is 30.3 Å². The van der Waals surface area contributed by atoms with Crippen LogP contribution in [0, 0.1) is 13.8 Å². The maximum absolute atomic E-state index is 12.8. The molecule has 0 aliphatic heterocycles. The van der Waals surface area contributed by atoms with Crippen LogP contribution in [0.5, 0.6) is 5.75 Å². The largest absolute Gasteiger partial charge is 0.484 e. The number of nitrogens with zero attached hydrogens (tertiary/aromatic N) is 2. The van der Waals surface area contributed by atoms with Crippen LogP contribution in [0.25, 0.3) is 5.69 Å². The van der Waals surface area contributed by atoms with Crippen molar-refractivity contribution < 1.29 is 19.1 Å². The number of rotatable bonds is 10. The predicted octanol–water partition coefficient (Wildman–Crippen LogP) is 2.69. The zero-order chi connectivity index (χ0) is 24.1. The van der Waals surface area contributed by atoms with Crippen molar-refractivity contribution >= 4 is 17.6 Å². The van der Waals surface area contributed by atoms with Crippen LogP contribution in [0.4, 0.5) is 0 Å². The van der Waals surface area contributed by atoms with Crippen LogP contribution in [0.2, 0.25) is 0 Å². The van der Waals surface area contributed by atoms with Crippen molar-refractivity contribution in [2.24, 2.45) is 0 Å². The maximum Gasteiger partial charge on any atom is 0.292 e. The summed E-state index contributed by atoms with van der Waals surface area (Å²) in [7, 11) is 0. The van der Waals surface area contributed by atoms with Gasteiger partial charge in [-0.15, -0.1) is 0 Å². The molecule has 1 saturated carbocycles. The molecule has 176 valence electrons. The molecule has 1 fully saturated rings. The summed E-state index contributed by atoms with van der Waals surface area (Å²) < 4.78 is 7.17. The molecule has 1 aliphatic carbocycles. The molecular weight excluding hydrogens is 432 g/mol. The van der Waals surface area contributed by atoms with Crippen molar-refractivity contribution in [1.82, 2.24) is 20.4 Å². The number of nitrogens with one attached hydrogen (secondary N) is 2. The third-order valence-corrected chi connectivity index (χ3v) is 5.66. The standard InChI is InChI=1S/C26H28N4O4/c1-17-24(18(2)30(29-17)21-6-4-3-5-7-21)25(32)26(33)27-15-14-19-8-12-22(13-9-19)34-16-23(31)28-20-10-11-20/h3-9,12-13,20H,10-11,14-16H2,1-2H3,(H,27,33)(H,28,31). The predicted molar refractivity (Wildman–Crippen MR) is 127 cm³/mol. The van der Waals surface area contributed by atoms with Gasteiger partial charge >= 0.3 is 0 Å². The van der Waals surface area contributed by atoms with Gasteiger partial charge in [0, 0.05) is 12.6 Å². The fourth-order valence-corrected chi connectivity index (χ4v) is 3.70. The van der Waals surface area contributed by atoms with Gasteiger partial charge in [-0.25, -0.2) is 4.68 Å². The van der Waals surface area contributed by atoms with Crippen molar-refractivity contribution in [3.63, 3.8) is 0 Å². The second-order valence-corrected chi connectivity index (χ2v) is 8.40. The van der Waals surface area contributed by atoms with E-state index >= 15 is 0 Å². The molecule has 3 aromatic rings. The summed E-state index contributed by atoms with van der Waals surface area (Å²) in [5.74, 6) is -0.750. The van der Waals surface area contributed by atoms with Gasteiger partial charge in [-0.3, -0.25) is 14.4 Å². The zero-order valence-corrected chi connectivity index (χ0v) is 19.3. The van der Waals surface area contributed by atoms with E-state index in [1.54, 1.807) is 30.7 Å². The second kappa shape index (κ2) is 10.3. The lowest BCUT2D eigenvalue weighted by Crippen LogP contribution is -2.33. The van der Waals surface area contributed by atoms with Crippen LogP contribution in [0.3, 0.4) is 0 Å². The molecule has 0 bridgehead atoms. The number of carbonyl (C=O) groups excluding carboxylic acids is 3. The number of carbonyl (C=O) groups is 3. The van der Waals surface area contributed by atoms with Gasteiger partial charge in [0.25, 0.3) is 17.6 Å². The Kier molecular flexibility index (Phi) is 7.06.